The summed E-state index contributed by atoms with van der Waals surface area (Å²) in [7, 11) is -4.13. The maximum absolute atomic E-state index is 13.7. The molecule has 0 aromatic heterocycles. The molecule has 2 heterocycles. The van der Waals surface area contributed by atoms with Gasteiger partial charge in [-0.1, -0.05) is 81.2 Å². The van der Waals surface area contributed by atoms with Gasteiger partial charge in [0.25, 0.3) is 0 Å². The average Bonchev–Trinajstić information content (AvgIpc) is 3.14. The Morgan fingerprint density at radius 3 is 2.40 bits per heavy atom. The monoisotopic (exact) mass is 824 g/mol. The first kappa shape index (κ1) is 44.8. The van der Waals surface area contributed by atoms with Crippen LogP contribution in [0.15, 0.2) is 24.3 Å². The third-order valence-electron chi connectivity index (χ3n) is 11.2. The fraction of sp³-hybridized carbons (Fsp3) is 0.811. The molecule has 1 aromatic carbocycles. The topological polar surface area (TPSA) is 215 Å². The second-order valence-electron chi connectivity index (χ2n) is 15.7. The predicted octanol–water partition coefficient (Wildman–Crippen LogP) is 4.61. The van der Waals surface area contributed by atoms with E-state index in [1.54, 1.807) is 31.2 Å². The molecule has 1 aromatic rings. The molecular formula is C37H59ClFN2O13P. The Labute approximate surface area is 327 Å². The molecule has 2 aliphatic heterocycles. The molecule has 55 heavy (non-hydrogen) atoms. The summed E-state index contributed by atoms with van der Waals surface area (Å²) >= 11 is 6.06. The number of aliphatic hydroxyl groups is 5. The van der Waals surface area contributed by atoms with E-state index in [1.165, 1.54) is 12.8 Å². The molecule has 18 heteroatoms. The first-order valence-electron chi connectivity index (χ1n) is 19.6. The van der Waals surface area contributed by atoms with Gasteiger partial charge in [0.2, 0.25) is 5.91 Å². The molecule has 15 nitrogen and oxygen atoms in total. The van der Waals surface area contributed by atoms with Crippen molar-refractivity contribution in [3.05, 3.63) is 34.9 Å². The molecule has 10 atom stereocenters. The minimum Gasteiger partial charge on any atom is -0.390 e. The number of unbranched alkanes of at least 4 members (excludes halogenated alkanes) is 7. The van der Waals surface area contributed by atoms with Crippen molar-refractivity contribution in [1.82, 2.24) is 11.0 Å². The molecule has 0 radical (unpaired) electrons. The van der Waals surface area contributed by atoms with E-state index in [0.29, 0.717) is 28.8 Å². The number of nitrogens with one attached hydrogen (secondary N) is 2. The number of carbonyl (C=O) groups excluding carboxylic acids is 1. The van der Waals surface area contributed by atoms with Crippen molar-refractivity contribution in [2.45, 2.75) is 164 Å². The normalized spacial score (nSPS) is 34.6. The van der Waals surface area contributed by atoms with Crippen LogP contribution in [0.1, 0.15) is 115 Å². The molecule has 7 N–H and O–H groups in total. The van der Waals surface area contributed by atoms with Gasteiger partial charge in [-0.15, -0.1) is 0 Å². The van der Waals surface area contributed by atoms with Crippen molar-refractivity contribution in [2.75, 3.05) is 19.8 Å². The number of carbonyl (C=O) groups is 1. The zero-order valence-corrected chi connectivity index (χ0v) is 33.1. The Kier molecular flexibility index (Phi) is 16.7. The van der Waals surface area contributed by atoms with Crippen molar-refractivity contribution >= 4 is 25.3 Å². The quantitative estimate of drug-likeness (QED) is 0.0431. The Morgan fingerprint density at radius 1 is 1.04 bits per heavy atom. The molecule has 1 amide bonds. The number of halogens is 2. The van der Waals surface area contributed by atoms with E-state index in [0.717, 1.165) is 57.8 Å². The Morgan fingerprint density at radius 2 is 1.73 bits per heavy atom. The highest BCUT2D eigenvalue weighted by molar-refractivity contribution is 7.48. The molecule has 3 aliphatic carbocycles. The molecule has 314 valence electrons. The number of ether oxygens (including phenoxy) is 2. The van der Waals surface area contributed by atoms with Gasteiger partial charge in [0.15, 0.2) is 6.29 Å². The van der Waals surface area contributed by atoms with Gasteiger partial charge in [-0.25, -0.2) is 8.96 Å². The van der Waals surface area contributed by atoms with Crippen molar-refractivity contribution in [1.29, 1.82) is 0 Å². The van der Waals surface area contributed by atoms with Crippen molar-refractivity contribution in [3.63, 3.8) is 0 Å². The summed E-state index contributed by atoms with van der Waals surface area (Å²) in [6, 6.07) is 5.76. The maximum atomic E-state index is 13.7. The van der Waals surface area contributed by atoms with E-state index in [9.17, 15) is 39.3 Å². The van der Waals surface area contributed by atoms with Gasteiger partial charge < -0.3 is 40.3 Å². The van der Waals surface area contributed by atoms with Crippen LogP contribution >= 0.6 is 19.4 Å². The Balaban J connectivity index is 0.996. The average molecular weight is 825 g/mol. The predicted molar refractivity (Wildman–Crippen MR) is 197 cm³/mol. The largest absolute Gasteiger partial charge is 0.493 e. The number of hydrogen-bond donors (Lipinski definition) is 7. The van der Waals surface area contributed by atoms with Gasteiger partial charge in [-0.05, 0) is 61.6 Å². The fourth-order valence-corrected chi connectivity index (χ4v) is 9.43. The number of amides is 1. The molecule has 2 saturated heterocycles. The summed E-state index contributed by atoms with van der Waals surface area (Å²) in [4.78, 5) is 18.0. The van der Waals surface area contributed by atoms with Gasteiger partial charge in [0.05, 0.1) is 38.1 Å². The van der Waals surface area contributed by atoms with E-state index in [4.69, 9.17) is 39.6 Å². The van der Waals surface area contributed by atoms with Crippen LogP contribution in [0.25, 0.3) is 0 Å². The van der Waals surface area contributed by atoms with Crippen LogP contribution in [0, 0.1) is 5.41 Å². The van der Waals surface area contributed by atoms with Crippen LogP contribution < -0.4 is 11.0 Å². The van der Waals surface area contributed by atoms with Gasteiger partial charge in [0.1, 0.15) is 36.2 Å². The second-order valence-corrected chi connectivity index (χ2v) is 17.7. The number of aliphatic hydroxyl groups excluding tert-OH is 5. The smallest absolute Gasteiger partial charge is 0.390 e. The van der Waals surface area contributed by atoms with Crippen LogP contribution in [0.2, 0.25) is 5.02 Å². The summed E-state index contributed by atoms with van der Waals surface area (Å²) in [5.74, 6) is -0.346. The minimum atomic E-state index is -4.13. The second kappa shape index (κ2) is 20.6. The van der Waals surface area contributed by atoms with E-state index < -0.39 is 81.8 Å². The van der Waals surface area contributed by atoms with Gasteiger partial charge >= 0.3 is 7.82 Å². The van der Waals surface area contributed by atoms with Crippen LogP contribution in [-0.4, -0.2) is 106 Å². The minimum absolute atomic E-state index is 0.0576. The fourth-order valence-electron chi connectivity index (χ4n) is 8.06. The number of benzene rings is 1. The maximum Gasteiger partial charge on any atom is 0.493 e. The lowest BCUT2D eigenvalue weighted by Gasteiger charge is -2.66. The molecule has 5 aliphatic rings. The zero-order chi connectivity index (χ0) is 39.6. The van der Waals surface area contributed by atoms with Crippen LogP contribution in [0.4, 0.5) is 4.39 Å². The molecular weight excluding hydrogens is 766 g/mol. The Hall–Kier alpha value is -1.34. The van der Waals surface area contributed by atoms with Crippen LogP contribution in [-0.2, 0) is 37.3 Å². The Bertz CT molecular complexity index is 1400. The highest BCUT2D eigenvalue weighted by Gasteiger charge is 2.68. The number of hydrogen-bond acceptors (Lipinski definition) is 14. The lowest BCUT2D eigenvalue weighted by Crippen LogP contribution is -2.64. The lowest BCUT2D eigenvalue weighted by molar-refractivity contribution is -0.311. The van der Waals surface area contributed by atoms with E-state index in [-0.39, 0.29) is 25.4 Å². The third-order valence-corrected chi connectivity index (χ3v) is 12.7. The summed E-state index contributed by atoms with van der Waals surface area (Å²) in [5, 5.41) is 56.0. The summed E-state index contributed by atoms with van der Waals surface area (Å²) in [6.07, 6.45) is 1.30. The summed E-state index contributed by atoms with van der Waals surface area (Å²) < 4.78 is 53.8. The zero-order valence-electron chi connectivity index (χ0n) is 31.4. The molecule has 2 bridgehead atoms. The number of rotatable bonds is 24. The van der Waals surface area contributed by atoms with E-state index >= 15 is 0 Å². The SMILES string of the molecule is CC[C@@H](O)[C@@H](O)[C@H](COC1OC(CONOP2(=O)OCCC(c3cccc(Cl)c3)O2)C(O)C(O)C1O)NC(=O)CCCCCCCCCCC12CC(F)(C1)C2. The van der Waals surface area contributed by atoms with Gasteiger partial charge in [-0.3, -0.25) is 18.7 Å². The summed E-state index contributed by atoms with van der Waals surface area (Å²) in [5.41, 5.74) is 2.19. The van der Waals surface area contributed by atoms with E-state index in [2.05, 4.69) is 5.32 Å². The van der Waals surface area contributed by atoms with Gasteiger partial charge in [-0.2, -0.15) is 4.62 Å². The van der Waals surface area contributed by atoms with E-state index in [1.807, 2.05) is 5.64 Å². The van der Waals surface area contributed by atoms with Gasteiger partial charge in [0, 0.05) is 17.9 Å². The number of alkyl halides is 1. The molecule has 3 saturated carbocycles. The first-order valence-corrected chi connectivity index (χ1v) is 21.5. The lowest BCUT2D eigenvalue weighted by atomic mass is 9.41. The first-order chi connectivity index (χ1) is 26.2. The molecule has 5 fully saturated rings. The van der Waals surface area contributed by atoms with Crippen molar-refractivity contribution in [2.24, 2.45) is 5.41 Å². The number of phosphoric acid groups is 1. The standard InChI is InChI=1S/C37H59ClFN2O13P/c1-2-27(42)31(44)26(40-30(43)14-9-7-5-3-4-6-8-10-16-36-21-37(39,22-36)23-36)19-49-35-34(47)33(46)32(45)29(52-35)20-50-41-54-55(48)51-17-15-28(53-55)24-12-11-13-25(38)18-24/h11-13,18,26-29,31-35,41-42,44-47H,2-10,14-17,19-23H2,1H3,(H,40,43)/t26-,27+,28?,29?,31-,32?,33?,34?,35?,36?,37?,55?/m0/s1. The van der Waals surface area contributed by atoms with Crippen LogP contribution in [0.5, 0.6) is 0 Å². The van der Waals surface area contributed by atoms with Crippen molar-refractivity contribution in [3.8, 4) is 0 Å². The van der Waals surface area contributed by atoms with Crippen LogP contribution in [0.3, 0.4) is 0 Å². The number of phosphoric ester groups is 1. The third kappa shape index (κ3) is 12.6. The molecule has 7 unspecified atom stereocenters. The molecule has 0 spiro atoms. The highest BCUT2D eigenvalue weighted by Crippen LogP contribution is 2.71. The van der Waals surface area contributed by atoms with Crippen molar-refractivity contribution < 1.29 is 67.3 Å². The molecule has 6 rings (SSSR count). The summed E-state index contributed by atoms with van der Waals surface area (Å²) in [6.45, 7) is 0.815. The highest BCUT2D eigenvalue weighted by atomic mass is 35.5.